The molecule has 1 N–H and O–H groups in total. The number of rotatable bonds is 3. The van der Waals surface area contributed by atoms with Gasteiger partial charge in [-0.1, -0.05) is 30.2 Å². The molecule has 0 aliphatic heterocycles. The highest BCUT2D eigenvalue weighted by Gasteiger charge is 2.41. The molecule has 1 aromatic rings. The van der Waals surface area contributed by atoms with Crippen molar-refractivity contribution in [2.75, 3.05) is 0 Å². The summed E-state index contributed by atoms with van der Waals surface area (Å²) in [7, 11) is 0. The molecule has 4 rings (SSSR count). The summed E-state index contributed by atoms with van der Waals surface area (Å²) in [4.78, 5) is 0. The molecule has 0 heterocycles. The maximum atomic E-state index is 6.07. The van der Waals surface area contributed by atoms with Crippen LogP contribution in [0.1, 0.15) is 50.0 Å². The minimum atomic E-state index is 0.731. The molecule has 3 aliphatic carbocycles. The molecule has 102 valence electrons. The molecule has 19 heavy (non-hydrogen) atoms. The normalized spacial score (nSPS) is 40.4. The van der Waals surface area contributed by atoms with Gasteiger partial charge in [0.1, 0.15) is 0 Å². The SMILES string of the molecule is Clc1cccc(C2CC(NC3CC4CCC3C4)C2)c1. The molecule has 3 unspecified atom stereocenters. The van der Waals surface area contributed by atoms with E-state index in [2.05, 4.69) is 23.5 Å². The number of nitrogens with one attached hydrogen (secondary N) is 1. The van der Waals surface area contributed by atoms with Crippen molar-refractivity contribution in [1.82, 2.24) is 5.32 Å². The predicted molar refractivity (Wildman–Crippen MR) is 79.6 cm³/mol. The number of hydrogen-bond donors (Lipinski definition) is 1. The Bertz CT molecular complexity index is 466. The minimum Gasteiger partial charge on any atom is -0.311 e. The molecule has 3 atom stereocenters. The van der Waals surface area contributed by atoms with Gasteiger partial charge in [0.05, 0.1) is 0 Å². The third-order valence-corrected chi connectivity index (χ3v) is 5.88. The molecule has 0 amide bonds. The average Bonchev–Trinajstić information content (AvgIpc) is 2.95. The van der Waals surface area contributed by atoms with Crippen LogP contribution in [0.5, 0.6) is 0 Å². The molecule has 1 nitrogen and oxygen atoms in total. The van der Waals surface area contributed by atoms with E-state index in [9.17, 15) is 0 Å². The van der Waals surface area contributed by atoms with Crippen LogP contribution in [0.15, 0.2) is 24.3 Å². The van der Waals surface area contributed by atoms with Gasteiger partial charge in [-0.2, -0.15) is 0 Å². The van der Waals surface area contributed by atoms with Crippen LogP contribution in [0.3, 0.4) is 0 Å². The lowest BCUT2D eigenvalue weighted by Crippen LogP contribution is -2.47. The van der Waals surface area contributed by atoms with E-state index in [1.54, 1.807) is 0 Å². The van der Waals surface area contributed by atoms with Crippen molar-refractivity contribution >= 4 is 11.6 Å². The maximum Gasteiger partial charge on any atom is 0.0408 e. The van der Waals surface area contributed by atoms with Gasteiger partial charge < -0.3 is 5.32 Å². The third-order valence-electron chi connectivity index (χ3n) is 5.65. The number of hydrogen-bond acceptors (Lipinski definition) is 1. The van der Waals surface area contributed by atoms with Crippen LogP contribution in [0.25, 0.3) is 0 Å². The summed E-state index contributed by atoms with van der Waals surface area (Å²) in [5.41, 5.74) is 1.43. The lowest BCUT2D eigenvalue weighted by atomic mass is 9.75. The van der Waals surface area contributed by atoms with E-state index in [0.29, 0.717) is 0 Å². The molecule has 2 bridgehead atoms. The van der Waals surface area contributed by atoms with Crippen LogP contribution in [0, 0.1) is 11.8 Å². The second-order valence-corrected chi connectivity index (χ2v) is 7.30. The van der Waals surface area contributed by atoms with Crippen LogP contribution >= 0.6 is 11.6 Å². The van der Waals surface area contributed by atoms with Crippen molar-refractivity contribution in [3.05, 3.63) is 34.9 Å². The molecule has 0 radical (unpaired) electrons. The van der Waals surface area contributed by atoms with Gasteiger partial charge in [0.15, 0.2) is 0 Å². The van der Waals surface area contributed by atoms with Crippen LogP contribution in [0.4, 0.5) is 0 Å². The van der Waals surface area contributed by atoms with E-state index >= 15 is 0 Å². The smallest absolute Gasteiger partial charge is 0.0408 e. The second kappa shape index (κ2) is 4.79. The van der Waals surface area contributed by atoms with Crippen molar-refractivity contribution in [3.63, 3.8) is 0 Å². The van der Waals surface area contributed by atoms with Gasteiger partial charge in [-0.25, -0.2) is 0 Å². The van der Waals surface area contributed by atoms with Crippen molar-refractivity contribution in [2.45, 2.75) is 56.5 Å². The second-order valence-electron chi connectivity index (χ2n) is 6.87. The van der Waals surface area contributed by atoms with Crippen molar-refractivity contribution in [3.8, 4) is 0 Å². The zero-order valence-electron chi connectivity index (χ0n) is 11.3. The van der Waals surface area contributed by atoms with E-state index in [1.807, 2.05) is 6.07 Å². The van der Waals surface area contributed by atoms with Crippen LogP contribution < -0.4 is 5.32 Å². The predicted octanol–water partition coefficient (Wildman–Crippen LogP) is 4.36. The van der Waals surface area contributed by atoms with E-state index < -0.39 is 0 Å². The number of halogens is 1. The zero-order chi connectivity index (χ0) is 12.8. The number of benzene rings is 1. The van der Waals surface area contributed by atoms with Gasteiger partial charge in [0.2, 0.25) is 0 Å². The average molecular weight is 276 g/mol. The van der Waals surface area contributed by atoms with Gasteiger partial charge in [0, 0.05) is 17.1 Å². The molecule has 3 saturated carbocycles. The molecular weight excluding hydrogens is 254 g/mol. The Kier molecular flexibility index (Phi) is 3.08. The fourth-order valence-corrected chi connectivity index (χ4v) is 4.74. The maximum absolute atomic E-state index is 6.07. The summed E-state index contributed by atoms with van der Waals surface area (Å²) >= 11 is 6.07. The molecule has 0 saturated heterocycles. The van der Waals surface area contributed by atoms with E-state index in [0.717, 1.165) is 34.9 Å². The Balaban J connectivity index is 1.31. The van der Waals surface area contributed by atoms with Crippen LogP contribution in [0.2, 0.25) is 5.02 Å². The Morgan fingerprint density at radius 1 is 1.05 bits per heavy atom. The molecule has 3 aliphatic rings. The Labute approximate surface area is 120 Å². The zero-order valence-corrected chi connectivity index (χ0v) is 12.1. The molecule has 2 heteroatoms. The summed E-state index contributed by atoms with van der Waals surface area (Å²) in [5, 5.41) is 4.80. The first-order valence-electron chi connectivity index (χ1n) is 7.79. The highest BCUT2D eigenvalue weighted by atomic mass is 35.5. The summed E-state index contributed by atoms with van der Waals surface area (Å²) in [5.74, 6) is 2.77. The molecule has 0 spiro atoms. The van der Waals surface area contributed by atoms with Crippen LogP contribution in [-0.2, 0) is 0 Å². The van der Waals surface area contributed by atoms with Crippen molar-refractivity contribution < 1.29 is 0 Å². The third kappa shape index (κ3) is 2.32. The summed E-state index contributed by atoms with van der Waals surface area (Å²) in [6.45, 7) is 0. The molecule has 3 fully saturated rings. The Hall–Kier alpha value is -0.530. The summed E-state index contributed by atoms with van der Waals surface area (Å²) < 4.78 is 0. The van der Waals surface area contributed by atoms with Gasteiger partial charge in [0.25, 0.3) is 0 Å². The highest BCUT2D eigenvalue weighted by molar-refractivity contribution is 6.30. The van der Waals surface area contributed by atoms with Gasteiger partial charge in [-0.15, -0.1) is 0 Å². The van der Waals surface area contributed by atoms with Crippen molar-refractivity contribution in [1.29, 1.82) is 0 Å². The standard InChI is InChI=1S/C17H22ClN/c18-15-3-1-2-12(8-15)14-9-16(10-14)19-17-7-11-4-5-13(17)6-11/h1-3,8,11,13-14,16-17,19H,4-7,9-10H2. The Morgan fingerprint density at radius 3 is 2.63 bits per heavy atom. The highest BCUT2D eigenvalue weighted by Crippen LogP contribution is 2.46. The number of fused-ring (bicyclic) bond motifs is 2. The van der Waals surface area contributed by atoms with Crippen molar-refractivity contribution in [2.24, 2.45) is 11.8 Å². The fraction of sp³-hybridized carbons (Fsp3) is 0.647. The first-order valence-corrected chi connectivity index (χ1v) is 8.17. The lowest BCUT2D eigenvalue weighted by Gasteiger charge is -2.40. The first-order chi connectivity index (χ1) is 9.28. The quantitative estimate of drug-likeness (QED) is 0.864. The minimum absolute atomic E-state index is 0.731. The lowest BCUT2D eigenvalue weighted by molar-refractivity contribution is 0.229. The largest absolute Gasteiger partial charge is 0.311 e. The van der Waals surface area contributed by atoms with Gasteiger partial charge >= 0.3 is 0 Å². The molecule has 1 aromatic carbocycles. The van der Waals surface area contributed by atoms with Gasteiger partial charge in [-0.3, -0.25) is 0 Å². The van der Waals surface area contributed by atoms with Crippen LogP contribution in [-0.4, -0.2) is 12.1 Å². The van der Waals surface area contributed by atoms with E-state index in [1.165, 1.54) is 44.1 Å². The molecule has 0 aromatic heterocycles. The fourth-order valence-electron chi connectivity index (χ4n) is 4.54. The Morgan fingerprint density at radius 2 is 1.95 bits per heavy atom. The van der Waals surface area contributed by atoms with E-state index in [4.69, 9.17) is 11.6 Å². The monoisotopic (exact) mass is 275 g/mol. The summed E-state index contributed by atoms with van der Waals surface area (Å²) in [6, 6.07) is 10.0. The molecular formula is C17H22ClN. The first kappa shape index (κ1) is 12.2. The summed E-state index contributed by atoms with van der Waals surface area (Å²) in [6.07, 6.45) is 8.53. The topological polar surface area (TPSA) is 12.0 Å². The van der Waals surface area contributed by atoms with E-state index in [-0.39, 0.29) is 0 Å². The van der Waals surface area contributed by atoms with Gasteiger partial charge in [-0.05, 0) is 67.6 Å².